The molecular formula is C25H26Cl2Zr. The van der Waals surface area contributed by atoms with E-state index < -0.39 is 20.8 Å². The van der Waals surface area contributed by atoms with E-state index in [0.29, 0.717) is 0 Å². The molecule has 0 spiro atoms. The third-order valence-corrected chi connectivity index (χ3v) is 4.60. The van der Waals surface area contributed by atoms with Gasteiger partial charge in [0, 0.05) is 0 Å². The van der Waals surface area contributed by atoms with Crippen molar-refractivity contribution < 1.29 is 20.8 Å². The van der Waals surface area contributed by atoms with E-state index in [9.17, 15) is 0 Å². The van der Waals surface area contributed by atoms with Gasteiger partial charge in [-0.2, -0.15) is 11.6 Å². The average molecular weight is 489 g/mol. The van der Waals surface area contributed by atoms with Crippen molar-refractivity contribution in [2.24, 2.45) is 0 Å². The molecule has 4 rings (SSSR count). The fraction of sp³-hybridized carbons (Fsp3) is 0.240. The second-order valence-electron chi connectivity index (χ2n) is 6.75. The van der Waals surface area contributed by atoms with Crippen LogP contribution in [0.25, 0.3) is 21.9 Å². The van der Waals surface area contributed by atoms with Gasteiger partial charge in [0.05, 0.1) is 0 Å². The van der Waals surface area contributed by atoms with Crippen molar-refractivity contribution in [3.8, 4) is 11.1 Å². The summed E-state index contributed by atoms with van der Waals surface area (Å²) in [6, 6.07) is 21.6. The zero-order valence-corrected chi connectivity index (χ0v) is 20.5. The van der Waals surface area contributed by atoms with Gasteiger partial charge in [-0.15, -0.1) is 41.0 Å². The monoisotopic (exact) mass is 486 g/mol. The van der Waals surface area contributed by atoms with Gasteiger partial charge in [-0.1, -0.05) is 68.7 Å². The summed E-state index contributed by atoms with van der Waals surface area (Å²) >= 11 is -0.826. The van der Waals surface area contributed by atoms with Crippen LogP contribution in [0, 0.1) is 13.0 Å². The van der Waals surface area contributed by atoms with Gasteiger partial charge in [0.15, 0.2) is 0 Å². The Morgan fingerprint density at radius 2 is 1.82 bits per heavy atom. The molecule has 144 valence electrons. The number of hydrogen-bond acceptors (Lipinski definition) is 0. The molecule has 28 heavy (non-hydrogen) atoms. The number of aryl methyl sites for hydroxylation is 1. The number of hydrogen-bond donors (Lipinski definition) is 0. The normalized spacial score (nSPS) is 11.8. The third kappa shape index (κ3) is 7.43. The minimum atomic E-state index is -0.826. The Morgan fingerprint density at radius 1 is 1.07 bits per heavy atom. The van der Waals surface area contributed by atoms with Crippen molar-refractivity contribution >= 4 is 27.8 Å². The molecule has 0 bridgehead atoms. The standard InChI is InChI=1S/C16H13.C9H13.2ClH.Zr/c1-12-10-14-8-5-9-15(16(14)11-12)13-6-3-2-4-7-13;1-2-3-6-9-7-4-5-8-9;;;/h2-11H,1H3;4,7H,2-3,6,8H2,1H3;2*1H;/q2*-1;;;+4/p-2. The van der Waals surface area contributed by atoms with Gasteiger partial charge in [0.2, 0.25) is 0 Å². The van der Waals surface area contributed by atoms with E-state index in [1.807, 2.05) is 6.08 Å². The van der Waals surface area contributed by atoms with Crippen LogP contribution in [0.3, 0.4) is 0 Å². The van der Waals surface area contributed by atoms with Gasteiger partial charge in [0.1, 0.15) is 0 Å². The molecule has 0 amide bonds. The first-order valence-corrected chi connectivity index (χ1v) is 15.9. The molecule has 0 N–H and O–H groups in total. The summed E-state index contributed by atoms with van der Waals surface area (Å²) in [5.74, 6) is 0. The Morgan fingerprint density at radius 3 is 2.46 bits per heavy atom. The summed E-state index contributed by atoms with van der Waals surface area (Å²) < 4.78 is 0. The van der Waals surface area contributed by atoms with Gasteiger partial charge in [-0.05, 0) is 12.0 Å². The van der Waals surface area contributed by atoms with Gasteiger partial charge in [-0.25, -0.2) is 12.2 Å². The fourth-order valence-corrected chi connectivity index (χ4v) is 3.26. The molecule has 0 aromatic heterocycles. The van der Waals surface area contributed by atoms with Crippen molar-refractivity contribution in [3.63, 3.8) is 0 Å². The first-order chi connectivity index (χ1) is 13.7. The molecule has 1 aliphatic carbocycles. The van der Waals surface area contributed by atoms with E-state index >= 15 is 0 Å². The number of unbranched alkanes of at least 4 members (excludes halogenated alkanes) is 1. The number of halogens is 2. The van der Waals surface area contributed by atoms with E-state index in [1.54, 1.807) is 5.57 Å². The van der Waals surface area contributed by atoms with Gasteiger partial charge in [0.25, 0.3) is 0 Å². The first kappa shape index (κ1) is 23.3. The SMILES string of the molecule is CCCCC1=CC=[C-]C1.Cc1cc2c(-c3ccccc3)cccc2[cH-]1.[Cl][Zr+2][Cl]. The Labute approximate surface area is 188 Å². The van der Waals surface area contributed by atoms with Crippen LogP contribution >= 0.6 is 17.0 Å². The van der Waals surface area contributed by atoms with Crippen LogP contribution in [0.2, 0.25) is 0 Å². The predicted octanol–water partition coefficient (Wildman–Crippen LogP) is 8.78. The molecule has 3 aromatic rings. The van der Waals surface area contributed by atoms with Gasteiger partial charge < -0.3 is 0 Å². The maximum atomic E-state index is 4.93. The Balaban J connectivity index is 0.000000199. The number of rotatable bonds is 4. The van der Waals surface area contributed by atoms with Crippen LogP contribution < -0.4 is 0 Å². The van der Waals surface area contributed by atoms with E-state index in [2.05, 4.69) is 86.7 Å². The number of allylic oxidation sites excluding steroid dienone is 4. The second kappa shape index (κ2) is 13.3. The van der Waals surface area contributed by atoms with Gasteiger partial charge >= 0.3 is 37.9 Å². The number of benzene rings is 2. The van der Waals surface area contributed by atoms with E-state index in [0.717, 1.165) is 6.42 Å². The molecule has 0 atom stereocenters. The summed E-state index contributed by atoms with van der Waals surface area (Å²) in [5, 5.41) is 2.69. The molecular weight excluding hydrogens is 462 g/mol. The summed E-state index contributed by atoms with van der Waals surface area (Å²) in [4.78, 5) is 0. The molecule has 0 unspecified atom stereocenters. The molecule has 0 heterocycles. The molecule has 0 aliphatic heterocycles. The predicted molar refractivity (Wildman–Crippen MR) is 121 cm³/mol. The molecule has 0 saturated heterocycles. The van der Waals surface area contributed by atoms with Crippen LogP contribution in [0.4, 0.5) is 0 Å². The topological polar surface area (TPSA) is 0 Å². The van der Waals surface area contributed by atoms with E-state index in [-0.39, 0.29) is 0 Å². The molecule has 1 aliphatic rings. The zero-order valence-electron chi connectivity index (χ0n) is 16.5. The van der Waals surface area contributed by atoms with Gasteiger partial charge in [-0.3, -0.25) is 6.08 Å². The molecule has 3 heteroatoms. The average Bonchev–Trinajstić information content (AvgIpc) is 3.36. The summed E-state index contributed by atoms with van der Waals surface area (Å²) in [7, 11) is 9.87. The van der Waals surface area contributed by atoms with Crippen molar-refractivity contribution in [3.05, 3.63) is 90.0 Å². The Bertz CT molecular complexity index is 891. The van der Waals surface area contributed by atoms with Crippen molar-refractivity contribution in [2.75, 3.05) is 0 Å². The van der Waals surface area contributed by atoms with E-state index in [4.69, 9.17) is 17.0 Å². The Hall–Kier alpha value is -1.01. The minimum absolute atomic E-state index is 0.826. The molecule has 0 radical (unpaired) electrons. The second-order valence-corrected chi connectivity index (χ2v) is 10.5. The molecule has 0 nitrogen and oxygen atoms in total. The maximum absolute atomic E-state index is 4.93. The zero-order chi connectivity index (χ0) is 20.2. The third-order valence-electron chi connectivity index (χ3n) is 4.60. The molecule has 3 aromatic carbocycles. The van der Waals surface area contributed by atoms with Crippen molar-refractivity contribution in [1.82, 2.24) is 0 Å². The number of fused-ring (bicyclic) bond motifs is 1. The fourth-order valence-electron chi connectivity index (χ4n) is 3.26. The Kier molecular flexibility index (Phi) is 11.0. The van der Waals surface area contributed by atoms with Crippen LogP contribution in [0.5, 0.6) is 0 Å². The quantitative estimate of drug-likeness (QED) is 0.322. The summed E-state index contributed by atoms with van der Waals surface area (Å²) in [6.45, 7) is 4.38. The van der Waals surface area contributed by atoms with Crippen LogP contribution in [-0.2, 0) is 20.8 Å². The van der Waals surface area contributed by atoms with Crippen molar-refractivity contribution in [1.29, 1.82) is 0 Å². The first-order valence-electron chi connectivity index (χ1n) is 9.62. The van der Waals surface area contributed by atoms with Crippen LogP contribution in [0.15, 0.2) is 78.4 Å². The summed E-state index contributed by atoms with van der Waals surface area (Å²) in [6.07, 6.45) is 12.4. The van der Waals surface area contributed by atoms with Crippen molar-refractivity contribution in [2.45, 2.75) is 39.5 Å². The van der Waals surface area contributed by atoms with Crippen LogP contribution in [0.1, 0.15) is 38.2 Å². The molecule has 0 fully saturated rings. The van der Waals surface area contributed by atoms with E-state index in [1.165, 1.54) is 46.7 Å². The summed E-state index contributed by atoms with van der Waals surface area (Å²) in [5.41, 5.74) is 5.50. The molecule has 0 saturated carbocycles. The van der Waals surface area contributed by atoms with Crippen LogP contribution in [-0.4, -0.2) is 0 Å².